The average molecular weight is 305 g/mol. The van der Waals surface area contributed by atoms with Gasteiger partial charge in [-0.3, -0.25) is 4.79 Å². The molecule has 0 atom stereocenters. The van der Waals surface area contributed by atoms with Crippen molar-refractivity contribution in [3.05, 3.63) is 29.3 Å². The van der Waals surface area contributed by atoms with E-state index in [-0.39, 0.29) is 11.8 Å². The number of carbonyl (C=O) groups is 1. The van der Waals surface area contributed by atoms with E-state index in [1.807, 2.05) is 0 Å². The molecule has 0 unspecified atom stereocenters. The molecule has 1 fully saturated rings. The second-order valence-electron chi connectivity index (χ2n) is 4.57. The van der Waals surface area contributed by atoms with Gasteiger partial charge in [0, 0.05) is 11.1 Å². The Hall–Kier alpha value is -1.40. The topological polar surface area (TPSA) is 50.4 Å². The number of hydrogen-bond donors (Lipinski definition) is 2. The third kappa shape index (κ3) is 4.05. The molecule has 20 heavy (non-hydrogen) atoms. The average Bonchev–Trinajstić information content (AvgIpc) is 2.42. The van der Waals surface area contributed by atoms with Crippen LogP contribution in [0.1, 0.15) is 12.8 Å². The van der Waals surface area contributed by atoms with E-state index in [2.05, 4.69) is 15.4 Å². The first-order valence-corrected chi connectivity index (χ1v) is 6.69. The largest absolute Gasteiger partial charge is 0.482 e. The Morgan fingerprint density at radius 3 is 2.50 bits per heavy atom. The molecular weight excluding hydrogens is 290 g/mol. The van der Waals surface area contributed by atoms with Crippen molar-refractivity contribution in [1.82, 2.24) is 10.6 Å². The number of alkyl halides is 2. The molecule has 0 spiro atoms. The first-order valence-electron chi connectivity index (χ1n) is 6.31. The molecule has 1 aliphatic heterocycles. The fraction of sp³-hybridized carbons (Fsp3) is 0.462. The van der Waals surface area contributed by atoms with E-state index < -0.39 is 12.0 Å². The van der Waals surface area contributed by atoms with Gasteiger partial charge in [0.15, 0.2) is 0 Å². The summed E-state index contributed by atoms with van der Waals surface area (Å²) in [5.74, 6) is -1.53. The molecule has 4 nitrogen and oxygen atoms in total. The fourth-order valence-electron chi connectivity index (χ4n) is 1.93. The zero-order valence-corrected chi connectivity index (χ0v) is 11.4. The summed E-state index contributed by atoms with van der Waals surface area (Å²) in [5, 5.41) is 5.80. The van der Waals surface area contributed by atoms with E-state index >= 15 is 0 Å². The van der Waals surface area contributed by atoms with Crippen LogP contribution in [-0.2, 0) is 4.79 Å². The second-order valence-corrected chi connectivity index (χ2v) is 5.01. The zero-order chi connectivity index (χ0) is 14.6. The van der Waals surface area contributed by atoms with Gasteiger partial charge in [0.05, 0.1) is 0 Å². The summed E-state index contributed by atoms with van der Waals surface area (Å²) in [7, 11) is 0. The minimum atomic E-state index is -3.90. The molecule has 2 N–H and O–H groups in total. The molecule has 1 heterocycles. The van der Waals surface area contributed by atoms with Gasteiger partial charge < -0.3 is 15.4 Å². The van der Waals surface area contributed by atoms with Gasteiger partial charge in [-0.05, 0) is 50.2 Å². The van der Waals surface area contributed by atoms with Crippen LogP contribution in [-0.4, -0.2) is 31.1 Å². The lowest BCUT2D eigenvalue weighted by Gasteiger charge is -2.25. The molecule has 0 saturated carbocycles. The number of rotatable bonds is 4. The standard InChI is InChI=1S/C13H15ClF2N2O2/c14-9-1-3-11(4-2-9)20-13(15,16)12(19)18-10-5-7-17-8-6-10/h1-4,10,17H,5-8H2,(H,18,19). The SMILES string of the molecule is O=C(NC1CCNCC1)C(F)(F)Oc1ccc(Cl)cc1. The van der Waals surface area contributed by atoms with E-state index in [1.165, 1.54) is 24.3 Å². The maximum Gasteiger partial charge on any atom is 0.482 e. The molecular formula is C13H15ClF2N2O2. The van der Waals surface area contributed by atoms with Crippen molar-refractivity contribution in [2.75, 3.05) is 13.1 Å². The number of halogens is 3. The number of benzene rings is 1. The number of carbonyl (C=O) groups excluding carboxylic acids is 1. The van der Waals surface area contributed by atoms with Gasteiger partial charge in [0.25, 0.3) is 0 Å². The van der Waals surface area contributed by atoms with Gasteiger partial charge >= 0.3 is 12.0 Å². The zero-order valence-electron chi connectivity index (χ0n) is 10.7. The van der Waals surface area contributed by atoms with Crippen LogP contribution in [0.2, 0.25) is 5.02 Å². The van der Waals surface area contributed by atoms with Crippen molar-refractivity contribution in [2.45, 2.75) is 25.0 Å². The number of piperidine rings is 1. The molecule has 7 heteroatoms. The first kappa shape index (κ1) is 15.0. The van der Waals surface area contributed by atoms with E-state index in [0.29, 0.717) is 31.0 Å². The van der Waals surface area contributed by atoms with Crippen molar-refractivity contribution in [1.29, 1.82) is 0 Å². The van der Waals surface area contributed by atoms with E-state index in [4.69, 9.17) is 11.6 Å². The molecule has 1 aromatic rings. The molecule has 0 radical (unpaired) electrons. The van der Waals surface area contributed by atoms with Crippen molar-refractivity contribution < 1.29 is 18.3 Å². The fourth-order valence-corrected chi connectivity index (χ4v) is 2.06. The number of nitrogens with one attached hydrogen (secondary N) is 2. The van der Waals surface area contributed by atoms with Gasteiger partial charge in [-0.2, -0.15) is 8.78 Å². The van der Waals surface area contributed by atoms with E-state index in [9.17, 15) is 13.6 Å². The van der Waals surface area contributed by atoms with Crippen LogP contribution in [0.25, 0.3) is 0 Å². The van der Waals surface area contributed by atoms with Crippen LogP contribution in [0.5, 0.6) is 5.75 Å². The van der Waals surface area contributed by atoms with Crippen molar-refractivity contribution in [2.24, 2.45) is 0 Å². The summed E-state index contributed by atoms with van der Waals surface area (Å²) < 4.78 is 31.8. The van der Waals surface area contributed by atoms with Gasteiger partial charge in [0.2, 0.25) is 0 Å². The minimum absolute atomic E-state index is 0.111. The Morgan fingerprint density at radius 1 is 1.30 bits per heavy atom. The Balaban J connectivity index is 1.94. The van der Waals surface area contributed by atoms with Crippen molar-refractivity contribution >= 4 is 17.5 Å². The van der Waals surface area contributed by atoms with Crippen LogP contribution >= 0.6 is 11.6 Å². The minimum Gasteiger partial charge on any atom is -0.425 e. The van der Waals surface area contributed by atoms with E-state index in [0.717, 1.165) is 0 Å². The molecule has 1 saturated heterocycles. The van der Waals surface area contributed by atoms with Gasteiger partial charge in [-0.15, -0.1) is 0 Å². The predicted octanol–water partition coefficient (Wildman–Crippen LogP) is 2.18. The highest BCUT2D eigenvalue weighted by atomic mass is 35.5. The van der Waals surface area contributed by atoms with Crippen LogP contribution in [0.3, 0.4) is 0 Å². The predicted molar refractivity (Wildman–Crippen MR) is 71.1 cm³/mol. The van der Waals surface area contributed by atoms with Crippen LogP contribution < -0.4 is 15.4 Å². The summed E-state index contributed by atoms with van der Waals surface area (Å²) in [6.07, 6.45) is -2.65. The van der Waals surface area contributed by atoms with Gasteiger partial charge in [0.1, 0.15) is 5.75 Å². The summed E-state index contributed by atoms with van der Waals surface area (Å²) in [4.78, 5) is 11.6. The number of amides is 1. The van der Waals surface area contributed by atoms with E-state index in [1.54, 1.807) is 0 Å². The molecule has 2 rings (SSSR count). The van der Waals surface area contributed by atoms with Crippen LogP contribution in [0.4, 0.5) is 8.78 Å². The maximum atomic E-state index is 13.7. The summed E-state index contributed by atoms with van der Waals surface area (Å²) >= 11 is 5.65. The van der Waals surface area contributed by atoms with Crippen molar-refractivity contribution in [3.63, 3.8) is 0 Å². The molecule has 1 amide bonds. The number of hydrogen-bond acceptors (Lipinski definition) is 3. The summed E-state index contributed by atoms with van der Waals surface area (Å²) in [5.41, 5.74) is 0. The molecule has 0 aromatic heterocycles. The van der Waals surface area contributed by atoms with Crippen LogP contribution in [0, 0.1) is 0 Å². The third-order valence-electron chi connectivity index (χ3n) is 3.00. The quantitative estimate of drug-likeness (QED) is 0.896. The highest BCUT2D eigenvalue weighted by Crippen LogP contribution is 2.23. The normalized spacial score (nSPS) is 16.8. The van der Waals surface area contributed by atoms with Crippen LogP contribution in [0.15, 0.2) is 24.3 Å². The van der Waals surface area contributed by atoms with Crippen molar-refractivity contribution in [3.8, 4) is 5.75 Å². The molecule has 1 aliphatic rings. The second kappa shape index (κ2) is 6.37. The smallest absolute Gasteiger partial charge is 0.425 e. The Morgan fingerprint density at radius 2 is 1.90 bits per heavy atom. The maximum absolute atomic E-state index is 13.7. The summed E-state index contributed by atoms with van der Waals surface area (Å²) in [6, 6.07) is 5.15. The highest BCUT2D eigenvalue weighted by molar-refractivity contribution is 6.30. The lowest BCUT2D eigenvalue weighted by atomic mass is 10.1. The van der Waals surface area contributed by atoms with Gasteiger partial charge in [-0.25, -0.2) is 0 Å². The molecule has 1 aromatic carbocycles. The Labute approximate surface area is 120 Å². The third-order valence-corrected chi connectivity index (χ3v) is 3.25. The lowest BCUT2D eigenvalue weighted by Crippen LogP contribution is -2.51. The van der Waals surface area contributed by atoms with Gasteiger partial charge in [-0.1, -0.05) is 11.6 Å². The highest BCUT2D eigenvalue weighted by Gasteiger charge is 2.43. The molecule has 0 bridgehead atoms. The number of ether oxygens (including phenoxy) is 1. The first-order chi connectivity index (χ1) is 9.47. The molecule has 110 valence electrons. The Bertz CT molecular complexity index is 462. The monoisotopic (exact) mass is 304 g/mol. The Kier molecular flexibility index (Phi) is 4.77. The summed E-state index contributed by atoms with van der Waals surface area (Å²) in [6.45, 7) is 1.41. The lowest BCUT2D eigenvalue weighted by molar-refractivity contribution is -0.193. The molecule has 0 aliphatic carbocycles.